The number of nitrogens with zero attached hydrogens (tertiary/aromatic N) is 1. The normalized spacial score (nSPS) is 26.2. The summed E-state index contributed by atoms with van der Waals surface area (Å²) in [5, 5.41) is 0. The van der Waals surface area contributed by atoms with E-state index >= 15 is 0 Å². The van der Waals surface area contributed by atoms with Crippen LogP contribution in [0.5, 0.6) is 5.75 Å². The fourth-order valence-electron chi connectivity index (χ4n) is 3.03. The molecule has 0 aliphatic carbocycles. The van der Waals surface area contributed by atoms with Gasteiger partial charge in [-0.25, -0.2) is 4.39 Å². The van der Waals surface area contributed by atoms with Crippen molar-refractivity contribution < 1.29 is 13.9 Å². The van der Waals surface area contributed by atoms with Crippen molar-refractivity contribution in [1.29, 1.82) is 0 Å². The van der Waals surface area contributed by atoms with Gasteiger partial charge in [-0.1, -0.05) is 12.1 Å². The van der Waals surface area contributed by atoms with Crippen LogP contribution in [0.1, 0.15) is 18.9 Å². The largest absolute Gasteiger partial charge is 0.493 e. The van der Waals surface area contributed by atoms with Crippen molar-refractivity contribution in [2.24, 2.45) is 0 Å². The highest BCUT2D eigenvalue weighted by Crippen LogP contribution is 2.37. The van der Waals surface area contributed by atoms with Crippen LogP contribution >= 0.6 is 0 Å². The van der Waals surface area contributed by atoms with Crippen LogP contribution in [-0.2, 0) is 4.74 Å². The third kappa shape index (κ3) is 2.34. The highest BCUT2D eigenvalue weighted by molar-refractivity contribution is 5.73. The number of ether oxygens (including phenoxy) is 2. The molecule has 0 spiro atoms. The molecule has 108 valence electrons. The molecule has 2 aliphatic rings. The summed E-state index contributed by atoms with van der Waals surface area (Å²) >= 11 is 0. The van der Waals surface area contributed by atoms with Gasteiger partial charge in [0.1, 0.15) is 11.6 Å². The van der Waals surface area contributed by atoms with E-state index < -0.39 is 0 Å². The molecule has 0 radical (unpaired) electrons. The number of likely N-dealkylation sites (N-methyl/N-ethyl adjacent to an activating group) is 1. The van der Waals surface area contributed by atoms with Crippen LogP contribution in [0.3, 0.4) is 0 Å². The number of morpholine rings is 1. The zero-order valence-corrected chi connectivity index (χ0v) is 11.9. The van der Waals surface area contributed by atoms with E-state index in [1.807, 2.05) is 13.0 Å². The number of benzene rings is 1. The highest BCUT2D eigenvalue weighted by Gasteiger charge is 2.33. The Morgan fingerprint density at radius 3 is 3.00 bits per heavy atom. The van der Waals surface area contributed by atoms with Crippen molar-refractivity contribution in [3.63, 3.8) is 0 Å². The maximum absolute atomic E-state index is 14.3. The van der Waals surface area contributed by atoms with Crippen molar-refractivity contribution >= 4 is 5.57 Å². The van der Waals surface area contributed by atoms with Gasteiger partial charge in [-0.15, -0.1) is 0 Å². The predicted octanol–water partition coefficient (Wildman–Crippen LogP) is 2.71. The maximum atomic E-state index is 14.3. The number of hydrogen-bond acceptors (Lipinski definition) is 3. The first-order chi connectivity index (χ1) is 9.70. The van der Waals surface area contributed by atoms with E-state index in [-0.39, 0.29) is 11.9 Å². The van der Waals surface area contributed by atoms with Gasteiger partial charge in [-0.2, -0.15) is 0 Å². The van der Waals surface area contributed by atoms with Gasteiger partial charge in [0.25, 0.3) is 0 Å². The van der Waals surface area contributed by atoms with Crippen molar-refractivity contribution in [1.82, 2.24) is 4.90 Å². The van der Waals surface area contributed by atoms with Crippen LogP contribution in [0.15, 0.2) is 24.3 Å². The monoisotopic (exact) mass is 277 g/mol. The molecule has 1 aromatic carbocycles. The summed E-state index contributed by atoms with van der Waals surface area (Å²) in [6.45, 7) is 3.84. The van der Waals surface area contributed by atoms with Crippen LogP contribution in [0.2, 0.25) is 0 Å². The third-order valence-corrected chi connectivity index (χ3v) is 4.14. The van der Waals surface area contributed by atoms with Gasteiger partial charge in [-0.05, 0) is 38.1 Å². The fourth-order valence-corrected chi connectivity index (χ4v) is 3.03. The molecule has 2 bridgehead atoms. The Balaban J connectivity index is 2.01. The van der Waals surface area contributed by atoms with Crippen LogP contribution < -0.4 is 4.74 Å². The Labute approximate surface area is 119 Å². The number of halogens is 1. The molecule has 0 N–H and O–H groups in total. The number of rotatable bonds is 3. The Bertz CT molecular complexity index is 529. The summed E-state index contributed by atoms with van der Waals surface area (Å²) < 4.78 is 25.4. The van der Waals surface area contributed by atoms with E-state index in [0.717, 1.165) is 12.0 Å². The lowest BCUT2D eigenvalue weighted by Crippen LogP contribution is -2.51. The van der Waals surface area contributed by atoms with Gasteiger partial charge >= 0.3 is 0 Å². The van der Waals surface area contributed by atoms with E-state index in [2.05, 4.69) is 18.0 Å². The molecule has 0 aromatic heterocycles. The second-order valence-corrected chi connectivity index (χ2v) is 5.37. The van der Waals surface area contributed by atoms with Gasteiger partial charge in [0.2, 0.25) is 0 Å². The maximum Gasteiger partial charge on any atom is 0.134 e. The van der Waals surface area contributed by atoms with Crippen molar-refractivity contribution in [3.8, 4) is 5.75 Å². The van der Waals surface area contributed by atoms with Crippen molar-refractivity contribution in [2.45, 2.75) is 25.4 Å². The lowest BCUT2D eigenvalue weighted by Gasteiger charge is -2.42. The Morgan fingerprint density at radius 1 is 1.40 bits per heavy atom. The second kappa shape index (κ2) is 5.54. The molecule has 4 heteroatoms. The minimum Gasteiger partial charge on any atom is -0.493 e. The zero-order valence-electron chi connectivity index (χ0n) is 11.9. The molecule has 1 fully saturated rings. The molecule has 2 aliphatic heterocycles. The predicted molar refractivity (Wildman–Crippen MR) is 76.3 cm³/mol. The molecule has 0 saturated carbocycles. The Kier molecular flexibility index (Phi) is 3.76. The van der Waals surface area contributed by atoms with E-state index in [4.69, 9.17) is 9.47 Å². The van der Waals surface area contributed by atoms with Gasteiger partial charge in [0, 0.05) is 6.04 Å². The molecule has 20 heavy (non-hydrogen) atoms. The molecule has 1 aromatic rings. The van der Waals surface area contributed by atoms with E-state index in [0.29, 0.717) is 37.2 Å². The molecule has 2 heterocycles. The van der Waals surface area contributed by atoms with Crippen molar-refractivity contribution in [2.75, 3.05) is 26.9 Å². The summed E-state index contributed by atoms with van der Waals surface area (Å²) in [5.41, 5.74) is 1.67. The molecule has 2 atom stereocenters. The Hall–Kier alpha value is -1.39. The summed E-state index contributed by atoms with van der Waals surface area (Å²) in [6.07, 6.45) is 2.92. The van der Waals surface area contributed by atoms with Crippen molar-refractivity contribution in [3.05, 3.63) is 35.7 Å². The summed E-state index contributed by atoms with van der Waals surface area (Å²) in [5.74, 6) is 0.438. The number of hydrogen-bond donors (Lipinski definition) is 0. The van der Waals surface area contributed by atoms with Gasteiger partial charge in [0.05, 0.1) is 31.4 Å². The van der Waals surface area contributed by atoms with Gasteiger partial charge < -0.3 is 9.47 Å². The first-order valence-corrected chi connectivity index (χ1v) is 7.12. The smallest absolute Gasteiger partial charge is 0.134 e. The average Bonchev–Trinajstić information content (AvgIpc) is 2.39. The first-order valence-electron chi connectivity index (χ1n) is 7.12. The zero-order chi connectivity index (χ0) is 14.1. The molecule has 2 unspecified atom stereocenters. The molecule has 0 amide bonds. The highest BCUT2D eigenvalue weighted by atomic mass is 19.1. The van der Waals surface area contributed by atoms with Crippen LogP contribution in [0.4, 0.5) is 4.39 Å². The second-order valence-electron chi connectivity index (χ2n) is 5.37. The number of fused-ring (bicyclic) bond motifs is 2. The van der Waals surface area contributed by atoms with Gasteiger partial charge in [0.15, 0.2) is 0 Å². The third-order valence-electron chi connectivity index (χ3n) is 4.14. The first kappa shape index (κ1) is 13.6. The van der Waals surface area contributed by atoms with Crippen LogP contribution in [0.25, 0.3) is 5.57 Å². The van der Waals surface area contributed by atoms with E-state index in [1.54, 1.807) is 6.07 Å². The Morgan fingerprint density at radius 2 is 2.25 bits per heavy atom. The van der Waals surface area contributed by atoms with Crippen LogP contribution in [-0.4, -0.2) is 43.9 Å². The van der Waals surface area contributed by atoms with E-state index in [9.17, 15) is 4.39 Å². The quantitative estimate of drug-likeness (QED) is 0.848. The lowest BCUT2D eigenvalue weighted by molar-refractivity contribution is -0.0222. The summed E-state index contributed by atoms with van der Waals surface area (Å²) in [7, 11) is 2.11. The van der Waals surface area contributed by atoms with E-state index in [1.165, 1.54) is 6.07 Å². The molecule has 1 saturated heterocycles. The fraction of sp³-hybridized carbons (Fsp3) is 0.500. The summed E-state index contributed by atoms with van der Waals surface area (Å²) in [4.78, 5) is 2.31. The standard InChI is InChI=1S/C16H20FNO2/c1-3-20-15-6-4-5-14(17)16(15)11-7-12-9-19-10-13(8-11)18(12)2/h4-7,12-13H,3,8-10H2,1-2H3. The molecular weight excluding hydrogens is 257 g/mol. The van der Waals surface area contributed by atoms with Gasteiger partial charge in [-0.3, -0.25) is 4.90 Å². The minimum absolute atomic E-state index is 0.203. The lowest BCUT2D eigenvalue weighted by atomic mass is 9.89. The topological polar surface area (TPSA) is 21.7 Å². The molecule has 3 nitrogen and oxygen atoms in total. The summed E-state index contributed by atoms with van der Waals surface area (Å²) in [6, 6.07) is 5.59. The molecule has 3 rings (SSSR count). The molecular formula is C16H20FNO2. The minimum atomic E-state index is -0.203. The average molecular weight is 277 g/mol. The van der Waals surface area contributed by atoms with Crippen LogP contribution in [0, 0.1) is 5.82 Å². The SMILES string of the molecule is CCOc1cccc(F)c1C1=CC2COCC(C1)N2C.